The van der Waals surface area contributed by atoms with Crippen LogP contribution >= 0.6 is 0 Å². The highest BCUT2D eigenvalue weighted by Crippen LogP contribution is 2.20. The van der Waals surface area contributed by atoms with Crippen molar-refractivity contribution in [2.75, 3.05) is 6.54 Å². The van der Waals surface area contributed by atoms with Gasteiger partial charge >= 0.3 is 0 Å². The van der Waals surface area contributed by atoms with Gasteiger partial charge in [-0.25, -0.2) is 0 Å². The zero-order valence-electron chi connectivity index (χ0n) is 12.3. The molecule has 0 aliphatic carbocycles. The Morgan fingerprint density at radius 3 is 2.60 bits per heavy atom. The van der Waals surface area contributed by atoms with Crippen molar-refractivity contribution in [2.45, 2.75) is 32.9 Å². The quantitative estimate of drug-likeness (QED) is 0.808. The van der Waals surface area contributed by atoms with Gasteiger partial charge in [-0.05, 0) is 43.1 Å². The van der Waals surface area contributed by atoms with Crippen molar-refractivity contribution in [1.82, 2.24) is 5.32 Å². The van der Waals surface area contributed by atoms with E-state index >= 15 is 0 Å². The molecule has 1 N–H and O–H groups in total. The number of benzene rings is 2. The normalized spacial score (nSPS) is 12.1. The molecule has 106 valence electrons. The summed E-state index contributed by atoms with van der Waals surface area (Å²) in [5.74, 6) is 0.927. The molecule has 2 rings (SSSR count). The van der Waals surface area contributed by atoms with Crippen LogP contribution in [0, 0.1) is 0 Å². The van der Waals surface area contributed by atoms with Crippen molar-refractivity contribution < 1.29 is 4.74 Å². The Kier molecular flexibility index (Phi) is 5.63. The van der Waals surface area contributed by atoms with Crippen molar-refractivity contribution in [1.29, 1.82) is 0 Å². The van der Waals surface area contributed by atoms with E-state index in [4.69, 9.17) is 4.74 Å². The summed E-state index contributed by atoms with van der Waals surface area (Å²) >= 11 is 0. The van der Waals surface area contributed by atoms with Crippen LogP contribution in [0.5, 0.6) is 5.75 Å². The highest BCUT2D eigenvalue weighted by Gasteiger charge is 2.05. The number of ether oxygens (including phenoxy) is 1. The lowest BCUT2D eigenvalue weighted by Gasteiger charge is -2.15. The summed E-state index contributed by atoms with van der Waals surface area (Å²) in [5, 5.41) is 3.49. The second-order valence-electron chi connectivity index (χ2n) is 5.02. The first kappa shape index (κ1) is 14.6. The van der Waals surface area contributed by atoms with Crippen LogP contribution < -0.4 is 10.1 Å². The van der Waals surface area contributed by atoms with Crippen molar-refractivity contribution in [3.63, 3.8) is 0 Å². The summed E-state index contributed by atoms with van der Waals surface area (Å²) in [6.07, 6.45) is 1.15. The molecule has 0 bridgehead atoms. The smallest absolute Gasteiger partial charge is 0.120 e. The maximum absolute atomic E-state index is 5.86. The first-order chi connectivity index (χ1) is 9.79. The average Bonchev–Trinajstić information content (AvgIpc) is 2.52. The van der Waals surface area contributed by atoms with Crippen molar-refractivity contribution >= 4 is 0 Å². The van der Waals surface area contributed by atoms with Crippen molar-refractivity contribution in [3.8, 4) is 5.75 Å². The monoisotopic (exact) mass is 269 g/mol. The van der Waals surface area contributed by atoms with Crippen LogP contribution in [0.2, 0.25) is 0 Å². The van der Waals surface area contributed by atoms with Crippen LogP contribution in [0.25, 0.3) is 0 Å². The molecular weight excluding hydrogens is 246 g/mol. The van der Waals surface area contributed by atoms with Crippen LogP contribution in [0.15, 0.2) is 54.6 Å². The minimum atomic E-state index is 0.357. The van der Waals surface area contributed by atoms with Gasteiger partial charge in [0.05, 0.1) is 0 Å². The molecule has 0 saturated carbocycles. The molecule has 0 spiro atoms. The highest BCUT2D eigenvalue weighted by atomic mass is 16.5. The third-order valence-corrected chi connectivity index (χ3v) is 3.31. The number of rotatable bonds is 7. The van der Waals surface area contributed by atoms with Gasteiger partial charge in [-0.1, -0.05) is 49.4 Å². The fraction of sp³-hybridized carbons (Fsp3) is 0.333. The minimum absolute atomic E-state index is 0.357. The van der Waals surface area contributed by atoms with Crippen molar-refractivity contribution in [2.24, 2.45) is 0 Å². The molecule has 1 atom stereocenters. The molecule has 2 heteroatoms. The molecule has 0 saturated heterocycles. The van der Waals surface area contributed by atoms with E-state index in [2.05, 4.69) is 49.5 Å². The molecule has 0 aliphatic heterocycles. The average molecular weight is 269 g/mol. The standard InChI is InChI=1S/C18H23NO/c1-3-12-19-15(2)17-10-7-11-18(13-17)20-14-16-8-5-4-6-9-16/h4-11,13,15,19H,3,12,14H2,1-2H3. The molecular formula is C18H23NO. The maximum Gasteiger partial charge on any atom is 0.120 e. The SMILES string of the molecule is CCCNC(C)c1cccc(OCc2ccccc2)c1. The van der Waals surface area contributed by atoms with Gasteiger partial charge in [-0.2, -0.15) is 0 Å². The molecule has 20 heavy (non-hydrogen) atoms. The Balaban J connectivity index is 1.95. The number of hydrogen-bond donors (Lipinski definition) is 1. The molecule has 0 radical (unpaired) electrons. The summed E-state index contributed by atoms with van der Waals surface area (Å²) in [7, 11) is 0. The summed E-state index contributed by atoms with van der Waals surface area (Å²) < 4.78 is 5.86. The van der Waals surface area contributed by atoms with E-state index in [1.807, 2.05) is 24.3 Å². The molecule has 0 aliphatic rings. The molecule has 2 nitrogen and oxygen atoms in total. The Bertz CT molecular complexity index is 510. The Morgan fingerprint density at radius 1 is 1.05 bits per heavy atom. The Labute approximate surface area is 121 Å². The molecule has 0 amide bonds. The largest absolute Gasteiger partial charge is 0.489 e. The fourth-order valence-electron chi connectivity index (χ4n) is 2.09. The molecule has 2 aromatic carbocycles. The van der Waals surface area contributed by atoms with Gasteiger partial charge in [-0.15, -0.1) is 0 Å². The lowest BCUT2D eigenvalue weighted by molar-refractivity contribution is 0.305. The summed E-state index contributed by atoms with van der Waals surface area (Å²) in [5.41, 5.74) is 2.46. The first-order valence-corrected chi connectivity index (χ1v) is 7.29. The van der Waals surface area contributed by atoms with E-state index in [1.54, 1.807) is 0 Å². The summed E-state index contributed by atoms with van der Waals surface area (Å²) in [6, 6.07) is 18.9. The third-order valence-electron chi connectivity index (χ3n) is 3.31. The van der Waals surface area contributed by atoms with Crippen LogP contribution in [0.1, 0.15) is 37.4 Å². The van der Waals surface area contributed by atoms with E-state index in [0.717, 1.165) is 18.7 Å². The Morgan fingerprint density at radius 2 is 1.85 bits per heavy atom. The zero-order valence-corrected chi connectivity index (χ0v) is 12.3. The highest BCUT2D eigenvalue weighted by molar-refractivity contribution is 5.30. The summed E-state index contributed by atoms with van der Waals surface area (Å²) in [6.45, 7) is 6.02. The zero-order chi connectivity index (χ0) is 14.2. The maximum atomic E-state index is 5.86. The van der Waals surface area contributed by atoms with Gasteiger partial charge in [0, 0.05) is 6.04 Å². The fourth-order valence-corrected chi connectivity index (χ4v) is 2.09. The first-order valence-electron chi connectivity index (χ1n) is 7.29. The van der Waals surface area contributed by atoms with Gasteiger partial charge in [0.25, 0.3) is 0 Å². The van der Waals surface area contributed by atoms with Gasteiger partial charge < -0.3 is 10.1 Å². The predicted octanol–water partition coefficient (Wildman–Crippen LogP) is 4.33. The molecule has 2 aromatic rings. The number of nitrogens with one attached hydrogen (secondary N) is 1. The molecule has 0 heterocycles. The van der Waals surface area contributed by atoms with E-state index < -0.39 is 0 Å². The number of hydrogen-bond acceptors (Lipinski definition) is 2. The second-order valence-corrected chi connectivity index (χ2v) is 5.02. The van der Waals surface area contributed by atoms with Crippen LogP contribution in [0.4, 0.5) is 0 Å². The van der Waals surface area contributed by atoms with Gasteiger partial charge in [0.2, 0.25) is 0 Å². The van der Waals surface area contributed by atoms with Gasteiger partial charge in [0.15, 0.2) is 0 Å². The van der Waals surface area contributed by atoms with Crippen LogP contribution in [-0.4, -0.2) is 6.54 Å². The van der Waals surface area contributed by atoms with E-state index in [-0.39, 0.29) is 0 Å². The molecule has 1 unspecified atom stereocenters. The van der Waals surface area contributed by atoms with Crippen LogP contribution in [0.3, 0.4) is 0 Å². The Hall–Kier alpha value is -1.80. The van der Waals surface area contributed by atoms with Crippen LogP contribution in [-0.2, 0) is 6.61 Å². The molecule has 0 fully saturated rings. The minimum Gasteiger partial charge on any atom is -0.489 e. The third kappa shape index (κ3) is 4.39. The topological polar surface area (TPSA) is 21.3 Å². The van der Waals surface area contributed by atoms with E-state index in [9.17, 15) is 0 Å². The van der Waals surface area contributed by atoms with E-state index in [1.165, 1.54) is 11.1 Å². The lowest BCUT2D eigenvalue weighted by atomic mass is 10.1. The van der Waals surface area contributed by atoms with E-state index in [0.29, 0.717) is 12.6 Å². The van der Waals surface area contributed by atoms with Gasteiger partial charge in [0.1, 0.15) is 12.4 Å². The molecule has 0 aromatic heterocycles. The second kappa shape index (κ2) is 7.71. The van der Waals surface area contributed by atoms with Crippen molar-refractivity contribution in [3.05, 3.63) is 65.7 Å². The lowest BCUT2D eigenvalue weighted by Crippen LogP contribution is -2.19. The predicted molar refractivity (Wildman–Crippen MR) is 83.9 cm³/mol. The summed E-state index contributed by atoms with van der Waals surface area (Å²) in [4.78, 5) is 0. The van der Waals surface area contributed by atoms with Gasteiger partial charge in [-0.3, -0.25) is 0 Å².